The molecule has 0 atom stereocenters. The molecule has 1 heterocycles. The maximum Gasteiger partial charge on any atom is 0.319 e. The van der Waals surface area contributed by atoms with Gasteiger partial charge in [-0.15, -0.1) is 0 Å². The highest BCUT2D eigenvalue weighted by Crippen LogP contribution is 2.27. The highest BCUT2D eigenvalue weighted by molar-refractivity contribution is 5.89. The normalized spacial score (nSPS) is 12.4. The van der Waals surface area contributed by atoms with E-state index < -0.39 is 0 Å². The van der Waals surface area contributed by atoms with E-state index in [0.29, 0.717) is 19.6 Å². The van der Waals surface area contributed by atoms with E-state index in [1.807, 2.05) is 18.2 Å². The van der Waals surface area contributed by atoms with Crippen LogP contribution in [0.25, 0.3) is 0 Å². The first-order chi connectivity index (χ1) is 10.7. The van der Waals surface area contributed by atoms with Gasteiger partial charge in [0.25, 0.3) is 0 Å². The molecule has 0 saturated heterocycles. The Bertz CT molecular complexity index is 671. The number of ether oxygens (including phenoxy) is 1. The molecule has 4 nitrogen and oxygen atoms in total. The van der Waals surface area contributed by atoms with Gasteiger partial charge in [-0.1, -0.05) is 12.1 Å². The Labute approximate surface area is 128 Å². The van der Waals surface area contributed by atoms with Gasteiger partial charge >= 0.3 is 6.03 Å². The zero-order valence-corrected chi connectivity index (χ0v) is 12.1. The highest BCUT2D eigenvalue weighted by Gasteiger charge is 2.12. The van der Waals surface area contributed by atoms with Gasteiger partial charge in [-0.3, -0.25) is 0 Å². The summed E-state index contributed by atoms with van der Waals surface area (Å²) < 4.78 is 18.2. The van der Waals surface area contributed by atoms with Crippen LogP contribution in [0.15, 0.2) is 42.5 Å². The van der Waals surface area contributed by atoms with Gasteiger partial charge in [0.2, 0.25) is 0 Å². The minimum atomic E-state index is -0.255. The summed E-state index contributed by atoms with van der Waals surface area (Å²) in [5, 5.41) is 5.59. The zero-order chi connectivity index (χ0) is 15.4. The number of urea groups is 1. The summed E-state index contributed by atoms with van der Waals surface area (Å²) >= 11 is 0. The van der Waals surface area contributed by atoms with Gasteiger partial charge < -0.3 is 15.4 Å². The smallest absolute Gasteiger partial charge is 0.319 e. The van der Waals surface area contributed by atoms with Crippen LogP contribution in [-0.2, 0) is 12.8 Å². The minimum absolute atomic E-state index is 0.249. The molecule has 0 bridgehead atoms. The highest BCUT2D eigenvalue weighted by atomic mass is 19.1. The fourth-order valence-corrected chi connectivity index (χ4v) is 2.41. The third-order valence-electron chi connectivity index (χ3n) is 3.56. The van der Waals surface area contributed by atoms with Gasteiger partial charge in [0.1, 0.15) is 11.6 Å². The summed E-state index contributed by atoms with van der Waals surface area (Å²) in [4.78, 5) is 11.8. The van der Waals surface area contributed by atoms with Crippen molar-refractivity contribution in [2.45, 2.75) is 12.8 Å². The van der Waals surface area contributed by atoms with E-state index in [-0.39, 0.29) is 11.8 Å². The average molecular weight is 300 g/mol. The summed E-state index contributed by atoms with van der Waals surface area (Å²) in [6, 6.07) is 11.7. The maximum absolute atomic E-state index is 12.8. The first kappa shape index (κ1) is 14.4. The quantitative estimate of drug-likeness (QED) is 0.911. The zero-order valence-electron chi connectivity index (χ0n) is 12.1. The molecule has 5 heteroatoms. The van der Waals surface area contributed by atoms with E-state index in [0.717, 1.165) is 29.0 Å². The lowest BCUT2D eigenvalue weighted by Gasteiger charge is -2.09. The molecule has 0 radical (unpaired) electrons. The van der Waals surface area contributed by atoms with Crippen LogP contribution >= 0.6 is 0 Å². The molecule has 114 valence electrons. The number of fused-ring (bicyclic) bond motifs is 1. The van der Waals surface area contributed by atoms with Crippen molar-refractivity contribution in [3.8, 4) is 5.75 Å². The summed E-state index contributed by atoms with van der Waals surface area (Å²) in [6.07, 6.45) is 1.53. The van der Waals surface area contributed by atoms with Gasteiger partial charge in [-0.05, 0) is 47.9 Å². The van der Waals surface area contributed by atoms with Crippen molar-refractivity contribution in [1.29, 1.82) is 0 Å². The lowest BCUT2D eigenvalue weighted by atomic mass is 10.1. The number of carbonyl (C=O) groups excluding carboxylic acids is 1. The van der Waals surface area contributed by atoms with Crippen LogP contribution in [0.2, 0.25) is 0 Å². The van der Waals surface area contributed by atoms with Crippen molar-refractivity contribution in [3.05, 3.63) is 59.4 Å². The summed E-state index contributed by atoms with van der Waals surface area (Å²) in [5.74, 6) is 0.636. The standard InChI is InChI=1S/C17H17FN2O2/c18-14-3-1-12(2-4-14)7-9-19-17(21)20-15-5-6-16-13(11-15)8-10-22-16/h1-6,11H,7-10H2,(H2,19,20,21). The van der Waals surface area contributed by atoms with Crippen molar-refractivity contribution in [1.82, 2.24) is 5.32 Å². The van der Waals surface area contributed by atoms with E-state index in [9.17, 15) is 9.18 Å². The SMILES string of the molecule is O=C(NCCc1ccc(F)cc1)Nc1ccc2c(c1)CCO2. The maximum atomic E-state index is 12.8. The summed E-state index contributed by atoms with van der Waals surface area (Å²) in [7, 11) is 0. The fraction of sp³-hybridized carbons (Fsp3) is 0.235. The van der Waals surface area contributed by atoms with Crippen LogP contribution in [0.1, 0.15) is 11.1 Å². The molecule has 0 spiro atoms. The predicted octanol–water partition coefficient (Wildman–Crippen LogP) is 3.12. The second kappa shape index (κ2) is 6.47. The van der Waals surface area contributed by atoms with Gasteiger partial charge in [-0.25, -0.2) is 9.18 Å². The number of hydrogen-bond donors (Lipinski definition) is 2. The number of rotatable bonds is 4. The number of hydrogen-bond acceptors (Lipinski definition) is 2. The molecular formula is C17H17FN2O2. The molecule has 0 fully saturated rings. The third-order valence-corrected chi connectivity index (χ3v) is 3.56. The Balaban J connectivity index is 1.47. The van der Waals surface area contributed by atoms with E-state index in [2.05, 4.69) is 10.6 Å². The van der Waals surface area contributed by atoms with Crippen LogP contribution < -0.4 is 15.4 Å². The molecule has 2 aromatic carbocycles. The molecule has 3 rings (SSSR count). The monoisotopic (exact) mass is 300 g/mol. The van der Waals surface area contributed by atoms with Crippen molar-refractivity contribution >= 4 is 11.7 Å². The molecule has 1 aliphatic rings. The Hall–Kier alpha value is -2.56. The average Bonchev–Trinajstić information content (AvgIpc) is 2.97. The molecule has 0 aromatic heterocycles. The Morgan fingerprint density at radius 1 is 1.18 bits per heavy atom. The van der Waals surface area contributed by atoms with Gasteiger partial charge in [0.05, 0.1) is 6.61 Å². The van der Waals surface area contributed by atoms with Gasteiger partial charge in [0, 0.05) is 18.7 Å². The van der Waals surface area contributed by atoms with Crippen LogP contribution in [0.4, 0.5) is 14.9 Å². The molecule has 1 aliphatic heterocycles. The van der Waals surface area contributed by atoms with Gasteiger partial charge in [-0.2, -0.15) is 0 Å². The van der Waals surface area contributed by atoms with E-state index in [4.69, 9.17) is 4.74 Å². The van der Waals surface area contributed by atoms with Crippen LogP contribution in [0, 0.1) is 5.82 Å². The second-order valence-electron chi connectivity index (χ2n) is 5.18. The minimum Gasteiger partial charge on any atom is -0.493 e. The van der Waals surface area contributed by atoms with Gasteiger partial charge in [0.15, 0.2) is 0 Å². The Kier molecular flexibility index (Phi) is 4.23. The largest absolute Gasteiger partial charge is 0.493 e. The molecule has 2 amide bonds. The second-order valence-corrected chi connectivity index (χ2v) is 5.18. The molecule has 0 aliphatic carbocycles. The van der Waals surface area contributed by atoms with E-state index >= 15 is 0 Å². The number of amides is 2. The van der Waals surface area contributed by atoms with Crippen molar-refractivity contribution in [2.24, 2.45) is 0 Å². The Morgan fingerprint density at radius 3 is 2.82 bits per heavy atom. The number of halogens is 1. The first-order valence-electron chi connectivity index (χ1n) is 7.26. The van der Waals surface area contributed by atoms with Crippen molar-refractivity contribution in [2.75, 3.05) is 18.5 Å². The molecule has 0 unspecified atom stereocenters. The summed E-state index contributed by atoms with van der Waals surface area (Å²) in [5.41, 5.74) is 2.85. The van der Waals surface area contributed by atoms with Crippen LogP contribution in [0.3, 0.4) is 0 Å². The molecule has 22 heavy (non-hydrogen) atoms. The van der Waals surface area contributed by atoms with Crippen molar-refractivity contribution in [3.63, 3.8) is 0 Å². The molecule has 0 saturated carbocycles. The number of benzene rings is 2. The Morgan fingerprint density at radius 2 is 2.00 bits per heavy atom. The van der Waals surface area contributed by atoms with Crippen molar-refractivity contribution < 1.29 is 13.9 Å². The number of anilines is 1. The fourth-order valence-electron chi connectivity index (χ4n) is 2.41. The topological polar surface area (TPSA) is 50.4 Å². The molecule has 2 aromatic rings. The lowest BCUT2D eigenvalue weighted by Crippen LogP contribution is -2.30. The summed E-state index contributed by atoms with van der Waals surface area (Å²) in [6.45, 7) is 1.19. The predicted molar refractivity (Wildman–Crippen MR) is 82.8 cm³/mol. The third kappa shape index (κ3) is 3.55. The van der Waals surface area contributed by atoms with Crippen LogP contribution in [-0.4, -0.2) is 19.2 Å². The number of nitrogens with one attached hydrogen (secondary N) is 2. The van der Waals surface area contributed by atoms with E-state index in [1.165, 1.54) is 12.1 Å². The first-order valence-corrected chi connectivity index (χ1v) is 7.26. The molecule has 2 N–H and O–H groups in total. The number of carbonyl (C=O) groups is 1. The van der Waals surface area contributed by atoms with Crippen LogP contribution in [0.5, 0.6) is 5.75 Å². The molecular weight excluding hydrogens is 283 g/mol. The lowest BCUT2D eigenvalue weighted by molar-refractivity contribution is 0.252. The van der Waals surface area contributed by atoms with E-state index in [1.54, 1.807) is 12.1 Å².